The molecule has 2 rings (SSSR count). The van der Waals surface area contributed by atoms with Crippen molar-refractivity contribution in [2.75, 3.05) is 7.11 Å². The monoisotopic (exact) mass is 423 g/mol. The van der Waals surface area contributed by atoms with Crippen molar-refractivity contribution in [3.05, 3.63) is 56.5 Å². The van der Waals surface area contributed by atoms with E-state index in [9.17, 15) is 8.42 Å². The molecule has 0 atom stereocenters. The first-order valence-corrected chi connectivity index (χ1v) is 9.14. The lowest BCUT2D eigenvalue weighted by atomic mass is 10.2. The van der Waals surface area contributed by atoms with E-state index in [2.05, 4.69) is 20.7 Å². The highest BCUT2D eigenvalue weighted by Gasteiger charge is 2.20. The van der Waals surface area contributed by atoms with Crippen LogP contribution in [0.15, 0.2) is 45.8 Å². The highest BCUT2D eigenvalue weighted by molar-refractivity contribution is 9.10. The summed E-state index contributed by atoms with van der Waals surface area (Å²) in [5.74, 6) is 0.262. The van der Waals surface area contributed by atoms with Crippen LogP contribution in [0.3, 0.4) is 0 Å². The number of methoxy groups -OCH3 is 1. The Morgan fingerprint density at radius 2 is 1.91 bits per heavy atom. The van der Waals surface area contributed by atoms with E-state index in [0.29, 0.717) is 20.1 Å². The van der Waals surface area contributed by atoms with E-state index in [-0.39, 0.29) is 17.2 Å². The maximum atomic E-state index is 12.4. The molecule has 0 spiro atoms. The van der Waals surface area contributed by atoms with Crippen molar-refractivity contribution >= 4 is 49.2 Å². The van der Waals surface area contributed by atoms with Crippen molar-refractivity contribution in [1.82, 2.24) is 4.72 Å². The zero-order valence-corrected chi connectivity index (χ0v) is 15.4. The Hall–Kier alpha value is -0.790. The molecule has 0 bridgehead atoms. The molecule has 0 aliphatic carbocycles. The Morgan fingerprint density at radius 3 is 2.55 bits per heavy atom. The molecule has 0 amide bonds. The summed E-state index contributed by atoms with van der Waals surface area (Å²) in [5, 5.41) is 0.890. The average Bonchev–Trinajstić information content (AvgIpc) is 2.46. The Balaban J connectivity index is 2.26. The van der Waals surface area contributed by atoms with Gasteiger partial charge in [-0.3, -0.25) is 0 Å². The Kier molecular flexibility index (Phi) is 5.74. The van der Waals surface area contributed by atoms with Crippen molar-refractivity contribution in [3.8, 4) is 5.75 Å². The number of nitrogens with one attached hydrogen (secondary N) is 1. The summed E-state index contributed by atoms with van der Waals surface area (Å²) in [6, 6.07) is 9.64. The van der Waals surface area contributed by atoms with Crippen molar-refractivity contribution in [1.29, 1.82) is 0 Å². The van der Waals surface area contributed by atoms with Crippen molar-refractivity contribution in [3.63, 3.8) is 0 Å². The van der Waals surface area contributed by atoms with Gasteiger partial charge in [0.1, 0.15) is 10.6 Å². The van der Waals surface area contributed by atoms with Gasteiger partial charge in [-0.25, -0.2) is 13.1 Å². The molecule has 2 aromatic rings. The van der Waals surface area contributed by atoms with Gasteiger partial charge in [0.2, 0.25) is 10.0 Å². The largest absolute Gasteiger partial charge is 0.495 e. The van der Waals surface area contributed by atoms with Crippen LogP contribution in [0, 0.1) is 0 Å². The summed E-state index contributed by atoms with van der Waals surface area (Å²) < 4.78 is 33.1. The second-order valence-corrected chi connectivity index (χ2v) is 7.85. The molecule has 0 heterocycles. The highest BCUT2D eigenvalue weighted by atomic mass is 79.9. The smallest absolute Gasteiger partial charge is 0.244 e. The van der Waals surface area contributed by atoms with Crippen LogP contribution in [0.5, 0.6) is 5.75 Å². The first-order chi connectivity index (χ1) is 10.3. The summed E-state index contributed by atoms with van der Waals surface area (Å²) in [5.41, 5.74) is 0.628. The van der Waals surface area contributed by atoms with Crippen molar-refractivity contribution in [2.45, 2.75) is 11.4 Å². The third-order valence-corrected chi connectivity index (χ3v) is 5.39. The maximum Gasteiger partial charge on any atom is 0.244 e. The van der Waals surface area contributed by atoms with Crippen LogP contribution in [-0.4, -0.2) is 15.5 Å². The summed E-state index contributed by atoms with van der Waals surface area (Å²) >= 11 is 15.1. The summed E-state index contributed by atoms with van der Waals surface area (Å²) in [4.78, 5) is 0.0504. The quantitative estimate of drug-likeness (QED) is 0.780. The number of hydrogen-bond donors (Lipinski definition) is 1. The molecule has 0 saturated heterocycles. The number of halogens is 3. The van der Waals surface area contributed by atoms with Gasteiger partial charge in [-0.1, -0.05) is 45.2 Å². The van der Waals surface area contributed by atoms with Crippen LogP contribution in [-0.2, 0) is 16.6 Å². The minimum absolute atomic E-state index is 0.0496. The van der Waals surface area contributed by atoms with E-state index in [0.717, 1.165) is 0 Å². The number of benzene rings is 2. The molecule has 0 saturated carbocycles. The molecular weight excluding hydrogens is 413 g/mol. The molecule has 2 aromatic carbocycles. The van der Waals surface area contributed by atoms with E-state index >= 15 is 0 Å². The van der Waals surface area contributed by atoms with Gasteiger partial charge in [0, 0.05) is 21.1 Å². The second kappa shape index (κ2) is 7.19. The first-order valence-electron chi connectivity index (χ1n) is 6.10. The first kappa shape index (κ1) is 17.6. The van der Waals surface area contributed by atoms with E-state index in [1.807, 2.05) is 0 Å². The minimum Gasteiger partial charge on any atom is -0.495 e. The minimum atomic E-state index is -3.75. The number of hydrogen-bond acceptors (Lipinski definition) is 3. The lowest BCUT2D eigenvalue weighted by molar-refractivity contribution is 0.402. The number of sulfonamides is 1. The van der Waals surface area contributed by atoms with Gasteiger partial charge in [0.05, 0.1) is 7.11 Å². The zero-order valence-electron chi connectivity index (χ0n) is 11.4. The van der Waals surface area contributed by atoms with Crippen molar-refractivity contribution in [2.24, 2.45) is 0 Å². The molecular formula is C14H12BrCl2NO3S. The molecule has 22 heavy (non-hydrogen) atoms. The molecule has 0 aliphatic heterocycles. The fourth-order valence-electron chi connectivity index (χ4n) is 1.78. The lowest BCUT2D eigenvalue weighted by Gasteiger charge is -2.12. The van der Waals surface area contributed by atoms with Crippen LogP contribution in [0.2, 0.25) is 10.0 Å². The zero-order chi connectivity index (χ0) is 16.3. The fourth-order valence-corrected chi connectivity index (χ4v) is 3.96. The molecule has 4 nitrogen and oxygen atoms in total. The fraction of sp³-hybridized carbons (Fsp3) is 0.143. The maximum absolute atomic E-state index is 12.4. The molecule has 0 aliphatic rings. The van der Waals surface area contributed by atoms with Crippen LogP contribution >= 0.6 is 39.1 Å². The Bertz CT molecular complexity index is 797. The van der Waals surface area contributed by atoms with Gasteiger partial charge in [-0.2, -0.15) is 0 Å². The van der Waals surface area contributed by atoms with Crippen molar-refractivity contribution < 1.29 is 13.2 Å². The van der Waals surface area contributed by atoms with Crippen LogP contribution in [0.4, 0.5) is 0 Å². The van der Waals surface area contributed by atoms with Crippen LogP contribution in [0.25, 0.3) is 0 Å². The van der Waals surface area contributed by atoms with Crippen LogP contribution in [0.1, 0.15) is 5.56 Å². The number of ether oxygens (including phenoxy) is 1. The Labute approximate surface area is 147 Å². The molecule has 0 unspecified atom stereocenters. The second-order valence-electron chi connectivity index (χ2n) is 4.36. The molecule has 0 fully saturated rings. The molecule has 1 N–H and O–H groups in total. The van der Waals surface area contributed by atoms with Gasteiger partial charge >= 0.3 is 0 Å². The van der Waals surface area contributed by atoms with Gasteiger partial charge in [-0.05, 0) is 35.9 Å². The lowest BCUT2D eigenvalue weighted by Crippen LogP contribution is -2.24. The molecule has 118 valence electrons. The van der Waals surface area contributed by atoms with Gasteiger partial charge < -0.3 is 4.74 Å². The standard InChI is InChI=1S/C14H12BrCl2NO3S/c1-21-13-5-3-10(15)6-14(13)22(19,20)18-8-9-2-4-11(16)7-12(9)17/h2-7,18H,8H2,1H3. The van der Waals surface area contributed by atoms with Gasteiger partial charge in [0.25, 0.3) is 0 Å². The molecule has 0 aromatic heterocycles. The molecule has 0 radical (unpaired) electrons. The molecule has 8 heteroatoms. The van der Waals surface area contributed by atoms with Gasteiger partial charge in [0.15, 0.2) is 0 Å². The average molecular weight is 425 g/mol. The van der Waals surface area contributed by atoms with E-state index in [1.165, 1.54) is 13.2 Å². The highest BCUT2D eigenvalue weighted by Crippen LogP contribution is 2.28. The third-order valence-electron chi connectivity index (χ3n) is 2.88. The van der Waals surface area contributed by atoms with Gasteiger partial charge in [-0.15, -0.1) is 0 Å². The van der Waals surface area contributed by atoms with Crippen LogP contribution < -0.4 is 9.46 Å². The Morgan fingerprint density at radius 1 is 1.18 bits per heavy atom. The van der Waals surface area contributed by atoms with E-state index in [4.69, 9.17) is 27.9 Å². The van der Waals surface area contributed by atoms with E-state index < -0.39 is 10.0 Å². The predicted molar refractivity (Wildman–Crippen MR) is 91.2 cm³/mol. The SMILES string of the molecule is COc1ccc(Br)cc1S(=O)(=O)NCc1ccc(Cl)cc1Cl. The summed E-state index contributed by atoms with van der Waals surface area (Å²) in [7, 11) is -2.33. The normalized spacial score (nSPS) is 11.5. The summed E-state index contributed by atoms with van der Waals surface area (Å²) in [6.07, 6.45) is 0. The third kappa shape index (κ3) is 4.14. The van der Waals surface area contributed by atoms with E-state index in [1.54, 1.807) is 30.3 Å². The summed E-state index contributed by atoms with van der Waals surface area (Å²) in [6.45, 7) is 0.0496. The number of rotatable bonds is 5. The predicted octanol–water partition coefficient (Wildman–Crippen LogP) is 4.24. The topological polar surface area (TPSA) is 55.4 Å².